The Kier molecular flexibility index (Phi) is 11.0. The van der Waals surface area contributed by atoms with Crippen LogP contribution in [0.3, 0.4) is 0 Å². The van der Waals surface area contributed by atoms with Gasteiger partial charge in [-0.2, -0.15) is 0 Å². The molecule has 0 aliphatic heterocycles. The van der Waals surface area contributed by atoms with Crippen LogP contribution in [0, 0.1) is 27.7 Å². The predicted molar refractivity (Wildman–Crippen MR) is 269 cm³/mol. The lowest BCUT2D eigenvalue weighted by Gasteiger charge is -2.28. The Morgan fingerprint density at radius 1 is 0.306 bits per heavy atom. The molecule has 9 rings (SSSR count). The fourth-order valence-electron chi connectivity index (χ4n) is 8.99. The summed E-state index contributed by atoms with van der Waals surface area (Å²) >= 11 is 0. The number of nitrogens with zero attached hydrogens (tertiary/aromatic N) is 2. The predicted octanol–water partition coefficient (Wildman–Crippen LogP) is 17.7. The summed E-state index contributed by atoms with van der Waals surface area (Å²) in [6, 6.07) is 68.1. The SMILES string of the molecule is Cc1ccc(N(c2ccc(C(C)C)cc2)c2cccc(-c3ccc4cc5cc(-c6cccc(N(c7ccc(C(C)C)cc7)c7ccc(C)cc7C)c6)ccc5cc4c3)c2)c(C)c1. The average Bonchev–Trinajstić information content (AvgIpc) is 3.27. The Morgan fingerprint density at radius 2 is 0.694 bits per heavy atom. The maximum absolute atomic E-state index is 2.40. The zero-order valence-electron chi connectivity index (χ0n) is 37.4. The summed E-state index contributed by atoms with van der Waals surface area (Å²) < 4.78 is 0. The molecule has 0 bridgehead atoms. The van der Waals surface area contributed by atoms with Crippen LogP contribution in [-0.2, 0) is 0 Å². The molecule has 0 aromatic heterocycles. The molecule has 0 amide bonds. The summed E-state index contributed by atoms with van der Waals surface area (Å²) in [6.07, 6.45) is 0. The minimum atomic E-state index is 0.482. The number of hydrogen-bond acceptors (Lipinski definition) is 2. The standard InChI is InChI=1S/C60H56N2/c1-39(2)45-21-25-55(26-22-45)61(59-29-15-41(5)31-43(59)7)57-13-9-11-47(37-57)49-17-19-51-36-54-34-50(18-20-52(54)35-53(51)33-49)48-12-10-14-58(38-48)62(60-30-16-42(6)32-44(60)8)56-27-23-46(24-28-56)40(3)4/h9-40H,1-8H3. The number of anilines is 6. The van der Waals surface area contributed by atoms with Gasteiger partial charge < -0.3 is 9.80 Å². The van der Waals surface area contributed by atoms with Crippen LogP contribution < -0.4 is 9.80 Å². The van der Waals surface area contributed by atoms with Crippen molar-refractivity contribution < 1.29 is 0 Å². The molecule has 306 valence electrons. The molecule has 0 N–H and O–H groups in total. The fourth-order valence-corrected chi connectivity index (χ4v) is 8.99. The van der Waals surface area contributed by atoms with Gasteiger partial charge in [-0.3, -0.25) is 0 Å². The Hall–Kier alpha value is -6.90. The van der Waals surface area contributed by atoms with Crippen LogP contribution >= 0.6 is 0 Å². The highest BCUT2D eigenvalue weighted by Crippen LogP contribution is 2.42. The molecular formula is C60H56N2. The molecule has 0 aliphatic carbocycles. The first-order valence-corrected chi connectivity index (χ1v) is 22.1. The molecule has 0 fully saturated rings. The quantitative estimate of drug-likeness (QED) is 0.127. The van der Waals surface area contributed by atoms with Gasteiger partial charge in [0.2, 0.25) is 0 Å². The molecule has 62 heavy (non-hydrogen) atoms. The Labute approximate surface area is 368 Å². The van der Waals surface area contributed by atoms with Crippen molar-refractivity contribution in [1.82, 2.24) is 0 Å². The summed E-state index contributed by atoms with van der Waals surface area (Å²) in [7, 11) is 0. The first kappa shape index (κ1) is 40.5. The lowest BCUT2D eigenvalue weighted by Crippen LogP contribution is -2.11. The third kappa shape index (κ3) is 8.14. The van der Waals surface area contributed by atoms with E-state index in [2.05, 4.69) is 247 Å². The summed E-state index contributed by atoms with van der Waals surface area (Å²) in [5.74, 6) is 0.964. The van der Waals surface area contributed by atoms with Gasteiger partial charge in [-0.05, 0) is 191 Å². The minimum Gasteiger partial charge on any atom is -0.310 e. The van der Waals surface area contributed by atoms with E-state index < -0.39 is 0 Å². The Balaban J connectivity index is 1.05. The normalized spacial score (nSPS) is 11.5. The highest BCUT2D eigenvalue weighted by Gasteiger charge is 2.18. The summed E-state index contributed by atoms with van der Waals surface area (Å²) in [5, 5.41) is 4.93. The van der Waals surface area contributed by atoms with Gasteiger partial charge in [0.1, 0.15) is 0 Å². The Bertz CT molecular complexity index is 2850. The van der Waals surface area contributed by atoms with Crippen molar-refractivity contribution in [3.05, 3.63) is 215 Å². The molecule has 0 unspecified atom stereocenters. The van der Waals surface area contributed by atoms with Gasteiger partial charge >= 0.3 is 0 Å². The smallest absolute Gasteiger partial charge is 0.0490 e. The van der Waals surface area contributed by atoms with E-state index in [1.807, 2.05) is 0 Å². The van der Waals surface area contributed by atoms with Crippen LogP contribution in [0.5, 0.6) is 0 Å². The van der Waals surface area contributed by atoms with E-state index in [9.17, 15) is 0 Å². The molecule has 0 radical (unpaired) electrons. The molecule has 0 spiro atoms. The topological polar surface area (TPSA) is 6.48 Å². The van der Waals surface area contributed by atoms with Crippen LogP contribution in [0.25, 0.3) is 43.8 Å². The maximum Gasteiger partial charge on any atom is 0.0490 e. The van der Waals surface area contributed by atoms with Gasteiger partial charge in [0.05, 0.1) is 0 Å². The van der Waals surface area contributed by atoms with Crippen molar-refractivity contribution in [2.75, 3.05) is 9.80 Å². The molecule has 0 saturated heterocycles. The van der Waals surface area contributed by atoms with Crippen LogP contribution in [0.15, 0.2) is 182 Å². The monoisotopic (exact) mass is 804 g/mol. The van der Waals surface area contributed by atoms with Crippen molar-refractivity contribution in [3.8, 4) is 22.3 Å². The largest absolute Gasteiger partial charge is 0.310 e. The van der Waals surface area contributed by atoms with E-state index in [4.69, 9.17) is 0 Å². The van der Waals surface area contributed by atoms with E-state index in [0.717, 1.165) is 22.7 Å². The third-order valence-corrected chi connectivity index (χ3v) is 12.5. The lowest BCUT2D eigenvalue weighted by molar-refractivity contribution is 0.866. The molecule has 0 saturated carbocycles. The van der Waals surface area contributed by atoms with Gasteiger partial charge in [0, 0.05) is 34.1 Å². The van der Waals surface area contributed by atoms with Crippen molar-refractivity contribution in [2.45, 2.75) is 67.2 Å². The maximum atomic E-state index is 2.40. The van der Waals surface area contributed by atoms with Crippen molar-refractivity contribution in [3.63, 3.8) is 0 Å². The second-order valence-electron chi connectivity index (χ2n) is 17.8. The highest BCUT2D eigenvalue weighted by atomic mass is 15.1. The number of hydrogen-bond donors (Lipinski definition) is 0. The first-order valence-electron chi connectivity index (χ1n) is 22.1. The van der Waals surface area contributed by atoms with E-state index >= 15 is 0 Å². The zero-order chi connectivity index (χ0) is 43.1. The number of rotatable bonds is 10. The van der Waals surface area contributed by atoms with Gasteiger partial charge in [0.25, 0.3) is 0 Å². The lowest BCUT2D eigenvalue weighted by atomic mass is 9.95. The molecule has 0 heterocycles. The second-order valence-corrected chi connectivity index (χ2v) is 17.8. The zero-order valence-corrected chi connectivity index (χ0v) is 37.4. The Morgan fingerprint density at radius 3 is 1.06 bits per heavy atom. The third-order valence-electron chi connectivity index (χ3n) is 12.5. The van der Waals surface area contributed by atoms with Crippen molar-refractivity contribution in [2.24, 2.45) is 0 Å². The van der Waals surface area contributed by atoms with E-state index in [1.54, 1.807) is 0 Å². The highest BCUT2D eigenvalue weighted by molar-refractivity contribution is 6.01. The van der Waals surface area contributed by atoms with Crippen molar-refractivity contribution >= 4 is 55.7 Å². The molecular weight excluding hydrogens is 749 g/mol. The van der Waals surface area contributed by atoms with Crippen molar-refractivity contribution in [1.29, 1.82) is 0 Å². The molecule has 9 aromatic carbocycles. The molecule has 0 atom stereocenters. The fraction of sp³-hybridized carbons (Fsp3) is 0.167. The molecule has 2 heteroatoms. The molecule has 9 aromatic rings. The summed E-state index contributed by atoms with van der Waals surface area (Å²) in [4.78, 5) is 4.80. The first-order chi connectivity index (χ1) is 30.0. The van der Waals surface area contributed by atoms with E-state index in [1.165, 1.54) is 88.6 Å². The van der Waals surface area contributed by atoms with Gasteiger partial charge in [-0.25, -0.2) is 0 Å². The van der Waals surface area contributed by atoms with Gasteiger partial charge in [-0.1, -0.05) is 136 Å². The van der Waals surface area contributed by atoms with Crippen LogP contribution in [0.4, 0.5) is 34.1 Å². The molecule has 0 aliphatic rings. The summed E-state index contributed by atoms with van der Waals surface area (Å²) in [6.45, 7) is 17.7. The number of benzene rings is 9. The van der Waals surface area contributed by atoms with Crippen LogP contribution in [0.2, 0.25) is 0 Å². The van der Waals surface area contributed by atoms with Crippen LogP contribution in [0.1, 0.15) is 72.9 Å². The number of aryl methyl sites for hydroxylation is 4. The van der Waals surface area contributed by atoms with E-state index in [-0.39, 0.29) is 0 Å². The average molecular weight is 805 g/mol. The second kappa shape index (κ2) is 16.9. The minimum absolute atomic E-state index is 0.482. The molecule has 2 nitrogen and oxygen atoms in total. The number of fused-ring (bicyclic) bond motifs is 2. The van der Waals surface area contributed by atoms with Crippen LogP contribution in [-0.4, -0.2) is 0 Å². The van der Waals surface area contributed by atoms with Gasteiger partial charge in [-0.15, -0.1) is 0 Å². The van der Waals surface area contributed by atoms with Gasteiger partial charge in [0.15, 0.2) is 0 Å². The summed E-state index contributed by atoms with van der Waals surface area (Å²) in [5.41, 5.74) is 19.5. The van der Waals surface area contributed by atoms with E-state index in [0.29, 0.717) is 11.8 Å².